The molecular weight excluding hydrogens is 186 g/mol. The smallest absolute Gasteiger partial charge is 0.220 e. The number of carbonyl (C=O) groups is 1. The minimum absolute atomic E-state index is 0.144. The van der Waals surface area contributed by atoms with Crippen molar-refractivity contribution in [3.05, 3.63) is 34.4 Å². The lowest BCUT2D eigenvalue weighted by Crippen LogP contribution is -2.36. The molecule has 1 aliphatic carbocycles. The van der Waals surface area contributed by atoms with E-state index in [2.05, 4.69) is 31.3 Å². The van der Waals surface area contributed by atoms with E-state index in [-0.39, 0.29) is 11.9 Å². The van der Waals surface area contributed by atoms with Crippen molar-refractivity contribution in [3.8, 4) is 0 Å². The molecule has 1 amide bonds. The summed E-state index contributed by atoms with van der Waals surface area (Å²) in [7, 11) is 0. The van der Waals surface area contributed by atoms with Crippen molar-refractivity contribution in [2.24, 2.45) is 0 Å². The van der Waals surface area contributed by atoms with Crippen molar-refractivity contribution in [2.45, 2.75) is 39.7 Å². The lowest BCUT2D eigenvalue weighted by Gasteiger charge is -2.33. The Kier molecular flexibility index (Phi) is 2.51. The third kappa shape index (κ3) is 1.76. The summed E-state index contributed by atoms with van der Waals surface area (Å²) in [6, 6.07) is 4.66. The maximum atomic E-state index is 11.3. The largest absolute Gasteiger partial charge is 0.349 e. The highest BCUT2D eigenvalue weighted by molar-refractivity contribution is 5.76. The molecule has 1 aromatic carbocycles. The van der Waals surface area contributed by atoms with E-state index in [4.69, 9.17) is 0 Å². The molecule has 1 aromatic rings. The van der Waals surface area contributed by atoms with Crippen LogP contribution in [0.1, 0.15) is 41.6 Å². The minimum atomic E-state index is 0.144. The van der Waals surface area contributed by atoms with E-state index >= 15 is 0 Å². The number of fused-ring (bicyclic) bond motifs is 1. The molecule has 1 unspecified atom stereocenters. The predicted molar refractivity (Wildman–Crippen MR) is 60.8 cm³/mol. The average molecular weight is 203 g/mol. The van der Waals surface area contributed by atoms with Gasteiger partial charge >= 0.3 is 0 Å². The molecule has 2 rings (SSSR count). The van der Waals surface area contributed by atoms with Crippen molar-refractivity contribution in [3.63, 3.8) is 0 Å². The number of hydrogen-bond donors (Lipinski definition) is 1. The summed E-state index contributed by atoms with van der Waals surface area (Å²) >= 11 is 0. The molecule has 0 bridgehead atoms. The zero-order valence-electron chi connectivity index (χ0n) is 9.55. The molecule has 2 heteroatoms. The van der Waals surface area contributed by atoms with Gasteiger partial charge in [0.1, 0.15) is 0 Å². The summed E-state index contributed by atoms with van der Waals surface area (Å²) in [5.41, 5.74) is 5.35. The van der Waals surface area contributed by atoms with Crippen LogP contribution in [-0.4, -0.2) is 5.91 Å². The average Bonchev–Trinajstić information content (AvgIpc) is 2.13. The Morgan fingerprint density at radius 2 is 2.20 bits per heavy atom. The molecule has 2 nitrogen and oxygen atoms in total. The second-order valence-electron chi connectivity index (χ2n) is 4.33. The summed E-state index contributed by atoms with van der Waals surface area (Å²) in [6.07, 6.45) is 1.56. The third-order valence-electron chi connectivity index (χ3n) is 3.05. The SMILES string of the molecule is CCC(=O)NC1Cc2cc(C)cc(C)c21. The Labute approximate surface area is 90.7 Å². The van der Waals surface area contributed by atoms with Crippen LogP contribution in [0.2, 0.25) is 0 Å². The van der Waals surface area contributed by atoms with Crippen LogP contribution in [0.3, 0.4) is 0 Å². The fraction of sp³-hybridized carbons (Fsp3) is 0.462. The van der Waals surface area contributed by atoms with Crippen molar-refractivity contribution in [1.82, 2.24) is 5.32 Å². The lowest BCUT2D eigenvalue weighted by molar-refractivity contribution is -0.121. The topological polar surface area (TPSA) is 29.1 Å². The summed E-state index contributed by atoms with van der Waals surface area (Å²) in [6.45, 7) is 6.12. The molecule has 0 radical (unpaired) electrons. The maximum Gasteiger partial charge on any atom is 0.220 e. The van der Waals surface area contributed by atoms with Gasteiger partial charge in [0.05, 0.1) is 6.04 Å². The maximum absolute atomic E-state index is 11.3. The molecule has 1 atom stereocenters. The molecule has 0 spiro atoms. The molecule has 80 valence electrons. The van der Waals surface area contributed by atoms with Gasteiger partial charge in [0.25, 0.3) is 0 Å². The number of carbonyl (C=O) groups excluding carboxylic acids is 1. The molecule has 0 aliphatic heterocycles. The van der Waals surface area contributed by atoms with Crippen LogP contribution >= 0.6 is 0 Å². The second kappa shape index (κ2) is 3.69. The fourth-order valence-electron chi connectivity index (χ4n) is 2.34. The minimum Gasteiger partial charge on any atom is -0.349 e. The van der Waals surface area contributed by atoms with E-state index in [1.54, 1.807) is 0 Å². The number of aryl methyl sites for hydroxylation is 2. The van der Waals surface area contributed by atoms with E-state index in [9.17, 15) is 4.79 Å². The van der Waals surface area contributed by atoms with E-state index < -0.39 is 0 Å². The number of amides is 1. The molecule has 0 saturated heterocycles. The van der Waals surface area contributed by atoms with Gasteiger partial charge in [-0.25, -0.2) is 0 Å². The number of nitrogens with one attached hydrogen (secondary N) is 1. The molecular formula is C13H17NO. The van der Waals surface area contributed by atoms with Gasteiger partial charge in [-0.15, -0.1) is 0 Å². The van der Waals surface area contributed by atoms with Gasteiger partial charge in [-0.3, -0.25) is 4.79 Å². The van der Waals surface area contributed by atoms with Crippen LogP contribution in [0.25, 0.3) is 0 Å². The molecule has 1 aliphatic rings. The first-order chi connectivity index (χ1) is 7.11. The highest BCUT2D eigenvalue weighted by Crippen LogP contribution is 2.36. The fourth-order valence-corrected chi connectivity index (χ4v) is 2.34. The summed E-state index contributed by atoms with van der Waals surface area (Å²) in [5, 5.41) is 3.04. The number of benzene rings is 1. The standard InChI is InChI=1S/C13H17NO/c1-4-12(15)14-11-7-10-6-8(2)5-9(3)13(10)11/h5-6,11H,4,7H2,1-3H3,(H,14,15). The molecule has 0 fully saturated rings. The first kappa shape index (κ1) is 10.2. The highest BCUT2D eigenvalue weighted by atomic mass is 16.1. The zero-order chi connectivity index (χ0) is 11.0. The molecule has 15 heavy (non-hydrogen) atoms. The molecule has 0 heterocycles. The van der Waals surface area contributed by atoms with Crippen molar-refractivity contribution in [1.29, 1.82) is 0 Å². The van der Waals surface area contributed by atoms with E-state index in [0.717, 1.165) is 6.42 Å². The van der Waals surface area contributed by atoms with E-state index in [1.807, 2.05) is 6.92 Å². The van der Waals surface area contributed by atoms with Crippen molar-refractivity contribution >= 4 is 5.91 Å². The third-order valence-corrected chi connectivity index (χ3v) is 3.05. The summed E-state index contributed by atoms with van der Waals surface area (Å²) in [5.74, 6) is 0.144. The van der Waals surface area contributed by atoms with E-state index in [0.29, 0.717) is 6.42 Å². The van der Waals surface area contributed by atoms with Gasteiger partial charge in [0, 0.05) is 6.42 Å². The van der Waals surface area contributed by atoms with Crippen LogP contribution in [0.4, 0.5) is 0 Å². The van der Waals surface area contributed by atoms with Crippen LogP contribution in [0.15, 0.2) is 12.1 Å². The molecule has 1 N–H and O–H groups in total. The Balaban J connectivity index is 2.20. The van der Waals surface area contributed by atoms with Gasteiger partial charge in [0.2, 0.25) is 5.91 Å². The lowest BCUT2D eigenvalue weighted by atomic mass is 9.79. The summed E-state index contributed by atoms with van der Waals surface area (Å²) in [4.78, 5) is 11.3. The van der Waals surface area contributed by atoms with Gasteiger partial charge < -0.3 is 5.32 Å². The monoisotopic (exact) mass is 203 g/mol. The van der Waals surface area contributed by atoms with Gasteiger partial charge in [0.15, 0.2) is 0 Å². The normalized spacial score (nSPS) is 17.9. The second-order valence-corrected chi connectivity index (χ2v) is 4.33. The van der Waals surface area contributed by atoms with Crippen LogP contribution in [-0.2, 0) is 11.2 Å². The van der Waals surface area contributed by atoms with Gasteiger partial charge in [-0.1, -0.05) is 24.6 Å². The molecule has 0 aromatic heterocycles. The first-order valence-corrected chi connectivity index (χ1v) is 5.51. The number of hydrogen-bond acceptors (Lipinski definition) is 1. The van der Waals surface area contributed by atoms with Gasteiger partial charge in [-0.2, -0.15) is 0 Å². The van der Waals surface area contributed by atoms with Crippen molar-refractivity contribution < 1.29 is 4.79 Å². The quantitative estimate of drug-likeness (QED) is 0.785. The van der Waals surface area contributed by atoms with Crippen molar-refractivity contribution in [2.75, 3.05) is 0 Å². The Bertz CT molecular complexity index is 392. The highest BCUT2D eigenvalue weighted by Gasteiger charge is 2.28. The Hall–Kier alpha value is -1.31. The van der Waals surface area contributed by atoms with Gasteiger partial charge in [-0.05, 0) is 37.0 Å². The van der Waals surface area contributed by atoms with Crippen LogP contribution < -0.4 is 5.32 Å². The van der Waals surface area contributed by atoms with Crippen LogP contribution in [0.5, 0.6) is 0 Å². The number of rotatable bonds is 2. The Morgan fingerprint density at radius 3 is 2.80 bits per heavy atom. The summed E-state index contributed by atoms with van der Waals surface area (Å²) < 4.78 is 0. The zero-order valence-corrected chi connectivity index (χ0v) is 9.55. The van der Waals surface area contributed by atoms with E-state index in [1.165, 1.54) is 22.3 Å². The predicted octanol–water partition coefficient (Wildman–Crippen LogP) is 2.43. The first-order valence-electron chi connectivity index (χ1n) is 5.51. The Morgan fingerprint density at radius 1 is 1.47 bits per heavy atom. The van der Waals surface area contributed by atoms with Crippen LogP contribution in [0, 0.1) is 13.8 Å². The molecule has 0 saturated carbocycles.